The molecular formula is C97H149ClN2O26. The average molecular weight is 1790 g/mol. The fourth-order valence-corrected chi connectivity index (χ4v) is 21.9. The molecule has 14 aliphatic rings. The molecule has 2 spiro atoms. The molecule has 28 nitrogen and oxygen atoms in total. The van der Waals surface area contributed by atoms with E-state index in [0.717, 1.165) is 17.6 Å². The van der Waals surface area contributed by atoms with Gasteiger partial charge in [-0.15, -0.1) is 12.4 Å². The highest BCUT2D eigenvalue weighted by Crippen LogP contribution is 2.51. The van der Waals surface area contributed by atoms with Crippen LogP contribution in [0.3, 0.4) is 0 Å². The number of rotatable bonds is 17. The lowest BCUT2D eigenvalue weighted by atomic mass is 9.71. The molecule has 0 aromatic carbocycles. The summed E-state index contributed by atoms with van der Waals surface area (Å²) in [7, 11) is 10.6. The third kappa shape index (κ3) is 21.5. The van der Waals surface area contributed by atoms with Crippen molar-refractivity contribution in [3.05, 3.63) is 119 Å². The normalized spacial score (nSPS) is 48.2. The van der Waals surface area contributed by atoms with Gasteiger partial charge in [0.2, 0.25) is 0 Å². The van der Waals surface area contributed by atoms with Gasteiger partial charge in [0.05, 0.1) is 111 Å². The Hall–Kier alpha value is -4.33. The van der Waals surface area contributed by atoms with Gasteiger partial charge in [-0.3, -0.25) is 9.59 Å². The van der Waals surface area contributed by atoms with Gasteiger partial charge < -0.3 is 126 Å². The Bertz CT molecular complexity index is 3980. The van der Waals surface area contributed by atoms with E-state index in [1.807, 2.05) is 78.2 Å². The number of nitrogens with one attached hydrogen (secondary N) is 2. The van der Waals surface area contributed by atoms with Crippen molar-refractivity contribution in [2.75, 3.05) is 55.7 Å². The highest BCUT2D eigenvalue weighted by atomic mass is 35.5. The molecule has 0 aromatic heterocycles. The summed E-state index contributed by atoms with van der Waals surface area (Å²) in [4.78, 5) is 28.7. The van der Waals surface area contributed by atoms with E-state index in [0.29, 0.717) is 86.5 Å². The topological polar surface area (TPSA) is 324 Å². The minimum Gasteiger partial charge on any atom is -0.462 e. The molecule has 8 saturated heterocycles. The monoisotopic (exact) mass is 1790 g/mol. The maximum absolute atomic E-state index is 14.4. The molecule has 0 unspecified atom stereocenters. The largest absolute Gasteiger partial charge is 0.462 e. The lowest BCUT2D eigenvalue weighted by Gasteiger charge is -2.48. The molecule has 0 amide bonds. The Morgan fingerprint density at radius 3 is 1.23 bits per heavy atom. The summed E-state index contributed by atoms with van der Waals surface area (Å²) in [5.74, 6) is -5.07. The predicted octanol–water partition coefficient (Wildman–Crippen LogP) is 11.2. The second kappa shape index (κ2) is 42.9. The number of methoxy groups -OCH3 is 4. The van der Waals surface area contributed by atoms with Crippen LogP contribution in [0.15, 0.2) is 119 Å². The van der Waals surface area contributed by atoms with E-state index in [4.69, 9.17) is 94.7 Å². The number of halogens is 1. The second-order valence-electron chi connectivity index (χ2n) is 38.4. The number of aliphatic hydroxyl groups is 4. The molecule has 29 heteroatoms. The zero-order chi connectivity index (χ0) is 90.1. The smallest absolute Gasteiger partial charge is 0.316 e. The lowest BCUT2D eigenvalue weighted by Crippen LogP contribution is -2.58. The molecule has 710 valence electrons. The first-order valence-corrected chi connectivity index (χ1v) is 46.2. The Morgan fingerprint density at radius 1 is 0.476 bits per heavy atom. The quantitative estimate of drug-likeness (QED) is 0.0582. The fraction of sp³-hybridized carbons (Fsp3) is 0.773. The van der Waals surface area contributed by atoms with Gasteiger partial charge in [0, 0.05) is 103 Å². The van der Waals surface area contributed by atoms with Crippen molar-refractivity contribution in [3.63, 3.8) is 0 Å². The number of fused-ring (bicyclic) bond motifs is 4. The van der Waals surface area contributed by atoms with Crippen LogP contribution >= 0.6 is 12.4 Å². The zero-order valence-electron chi connectivity index (χ0n) is 78.2. The molecule has 0 saturated carbocycles. The van der Waals surface area contributed by atoms with Crippen LogP contribution in [0, 0.1) is 47.3 Å². The molecule has 8 fully saturated rings. The summed E-state index contributed by atoms with van der Waals surface area (Å²) in [6, 6.07) is 0.0887. The molecule has 6 N–H and O–H groups in total. The molecule has 126 heavy (non-hydrogen) atoms. The van der Waals surface area contributed by atoms with Gasteiger partial charge in [-0.1, -0.05) is 135 Å². The number of aliphatic hydroxyl groups excluding tert-OH is 2. The van der Waals surface area contributed by atoms with Crippen molar-refractivity contribution in [1.82, 2.24) is 10.6 Å². The van der Waals surface area contributed by atoms with Crippen molar-refractivity contribution in [3.8, 4) is 0 Å². The first kappa shape index (κ1) is 101. The molecular weight excluding hydrogens is 1640 g/mol. The lowest BCUT2D eigenvalue weighted by molar-refractivity contribution is -0.312. The molecule has 0 aromatic rings. The van der Waals surface area contributed by atoms with Gasteiger partial charge in [-0.25, -0.2) is 0 Å². The number of allylic oxidation sites excluding steroid dienone is 4. The van der Waals surface area contributed by atoms with Gasteiger partial charge in [-0.05, 0) is 140 Å². The first-order valence-electron chi connectivity index (χ1n) is 46.2. The van der Waals surface area contributed by atoms with Gasteiger partial charge in [0.1, 0.15) is 71.9 Å². The number of esters is 2. The van der Waals surface area contributed by atoms with Crippen LogP contribution in [-0.2, 0) is 104 Å². The summed E-state index contributed by atoms with van der Waals surface area (Å²) in [6.07, 6.45) is 20.5. The zero-order valence-corrected chi connectivity index (χ0v) is 79.1. The Labute approximate surface area is 753 Å². The molecule has 39 atom stereocenters. The number of ether oxygens (including phenoxy) is 20. The van der Waals surface area contributed by atoms with Gasteiger partial charge in [0.25, 0.3) is 0 Å². The Morgan fingerprint density at radius 2 is 0.849 bits per heavy atom. The summed E-state index contributed by atoms with van der Waals surface area (Å²) in [5.41, 5.74) is 0.355. The van der Waals surface area contributed by atoms with E-state index < -0.39 is 133 Å². The molecule has 12 heterocycles. The standard InChI is InChI=1S/C49H75NO13.C48H73NO13.ClH/c1-12-26(2)44-29(5)18-19-48(63-44)24-35-21-34(62-48)17-16-28(4)43(27(3)14-13-15-33-25-56-46-42(51)30(6)20-36(47(52)59-35)49(33,46)53)60-40-23-38(55-11)45(32(8)58-40)61-39-22-37(54-10)41(50-9)31(7)57-39;1-25(2)42-28(5)17-18-47(62-42)23-34-20-33(61-47)16-15-27(4)43(26(3)13-12-14-32-24-55-45-41(50)29(6)19-35(46(51)58-34)48(32,45)52)59-39-22-37(54-11)44(31(8)57-39)60-38-21-36(53-10)40(49-9)30(7)56-38;/h13-16,18-20,26-27,29,31-32,34-46,50-51,53H,12,17,21-25H2,1-11H3;12-15,17-19,25-26,28,30-31,33-45,49-50,52H,16,20-24H2,1-11H3;1H/b14-13+,28-16+,33-15+;13-12+,27-15+,32-14+;/t26-,27-,29-,31-,32-,34+,35-,36-,37-,38-,39-,40-,41+,42+,43-,44+,45+,46+,48+,49+;26-,28-,30-,31-,33+,34-,35-,36-,37-,38-,39-,40+,41+,42+,43-,44+,45+,47+,48+;/m00./s1. The highest BCUT2D eigenvalue weighted by molar-refractivity contribution is 5.85. The molecule has 2 aliphatic carbocycles. The Kier molecular flexibility index (Phi) is 34.3. The third-order valence-corrected chi connectivity index (χ3v) is 29.2. The number of carbonyl (C=O) groups is 2. The van der Waals surface area contributed by atoms with Crippen LogP contribution in [0.1, 0.15) is 181 Å². The van der Waals surface area contributed by atoms with E-state index in [1.165, 1.54) is 0 Å². The summed E-state index contributed by atoms with van der Waals surface area (Å²) < 4.78 is 129. The van der Waals surface area contributed by atoms with Crippen LogP contribution in [-0.4, -0.2) is 282 Å². The highest BCUT2D eigenvalue weighted by Gasteiger charge is 2.63. The minimum absolute atomic E-state index is 0. The molecule has 0 radical (unpaired) electrons. The Balaban J connectivity index is 0.000000227. The summed E-state index contributed by atoms with van der Waals surface area (Å²) >= 11 is 0. The van der Waals surface area contributed by atoms with Crippen molar-refractivity contribution < 1.29 is 125 Å². The maximum atomic E-state index is 14.4. The van der Waals surface area contributed by atoms with E-state index in [9.17, 15) is 30.0 Å². The van der Waals surface area contributed by atoms with E-state index in [2.05, 4.69) is 104 Å². The number of likely N-dealkylation sites (N-methyl/N-ethyl adjacent to an activating group) is 2. The summed E-state index contributed by atoms with van der Waals surface area (Å²) in [5, 5.41) is 54.1. The van der Waals surface area contributed by atoms with E-state index >= 15 is 0 Å². The number of hydrogen-bond donors (Lipinski definition) is 6. The fourth-order valence-electron chi connectivity index (χ4n) is 21.9. The average Bonchev–Trinajstić information content (AvgIpc) is 1.57. The minimum atomic E-state index is -1.83. The van der Waals surface area contributed by atoms with Crippen molar-refractivity contribution in [1.29, 1.82) is 0 Å². The van der Waals surface area contributed by atoms with Gasteiger partial charge in [-0.2, -0.15) is 0 Å². The molecule has 4 bridgehead atoms. The maximum Gasteiger partial charge on any atom is 0.316 e. The van der Waals surface area contributed by atoms with Crippen LogP contribution in [0.5, 0.6) is 0 Å². The van der Waals surface area contributed by atoms with Gasteiger partial charge in [0.15, 0.2) is 36.7 Å². The summed E-state index contributed by atoms with van der Waals surface area (Å²) in [6.45, 7) is 32.7. The van der Waals surface area contributed by atoms with Gasteiger partial charge >= 0.3 is 11.9 Å². The SMILES string of the molecule is CC[C@H](C)[C@H]1O[C@]2(C=C[C@@H]1C)C[C@@H]1C[C@@H](C/C=C(\C)[C@@H](O[C@H]3C[C@H](OC)[C@H](O[C@H]4C[C@H](OC)[C@H](NC)[C@H](C)O4)[C@H](C)O3)[C@@H](C)/C=C/C=C3\CO[C@@H]4[C@H](O)C(C)=C[C@@H](C(=O)O1)[C@]34O)O2.CN[C@@H]1[C@H](C)O[C@@H](O[C@@H]2[C@H](C)O[C@@H](O[C@@H]3/C(C)=C/C[C@@H]4C[C@@H](C[C@]5(C=C[C@H](C)[C@@H](C(C)C)O5)O4)OC(=O)[C@@H]4C=C(C)[C@@H](O)[C@H]5OC/C(=C\C=C\[C@@H]3C)[C@]54O)C[C@@H]2OC)C[C@@H]1OC.Cl. The van der Waals surface area contributed by atoms with Crippen LogP contribution < -0.4 is 10.6 Å². The second-order valence-corrected chi connectivity index (χ2v) is 38.4. The predicted molar refractivity (Wildman–Crippen MR) is 471 cm³/mol. The number of carbonyl (C=O) groups excluding carboxylic acids is 2. The van der Waals surface area contributed by atoms with Crippen molar-refractivity contribution in [2.45, 2.75) is 376 Å². The van der Waals surface area contributed by atoms with Crippen molar-refractivity contribution in [2.24, 2.45) is 47.3 Å². The molecule has 14 rings (SSSR count). The third-order valence-electron chi connectivity index (χ3n) is 29.2. The van der Waals surface area contributed by atoms with Crippen molar-refractivity contribution >= 4 is 24.3 Å². The first-order chi connectivity index (χ1) is 59.5. The van der Waals surface area contributed by atoms with Crippen LogP contribution in [0.25, 0.3) is 0 Å². The van der Waals surface area contributed by atoms with E-state index in [-0.39, 0.29) is 146 Å². The van der Waals surface area contributed by atoms with Crippen LogP contribution in [0.2, 0.25) is 0 Å². The molecule has 12 aliphatic heterocycles. The number of hydrogen-bond acceptors (Lipinski definition) is 28. The van der Waals surface area contributed by atoms with Crippen LogP contribution in [0.4, 0.5) is 0 Å². The van der Waals surface area contributed by atoms with E-state index in [1.54, 1.807) is 66.6 Å².